The van der Waals surface area contributed by atoms with Crippen LogP contribution in [0, 0.1) is 11.6 Å². The molecule has 0 saturated heterocycles. The minimum absolute atomic E-state index is 0.184. The number of aliphatic hydroxyl groups is 1. The van der Waals surface area contributed by atoms with Gasteiger partial charge in [-0.15, -0.1) is 11.3 Å². The predicted octanol–water partition coefficient (Wildman–Crippen LogP) is 4.41. The molecule has 0 spiro atoms. The third-order valence-electron chi connectivity index (χ3n) is 2.23. The monoisotopic (exact) mass is 294 g/mol. The molecule has 0 aliphatic rings. The summed E-state index contributed by atoms with van der Waals surface area (Å²) in [6, 6.07) is 3.28. The highest BCUT2D eigenvalue weighted by molar-refractivity contribution is 7.10. The summed E-state index contributed by atoms with van der Waals surface area (Å²) in [5, 5.41) is 11.6. The van der Waals surface area contributed by atoms with E-state index in [1.807, 2.05) is 0 Å². The molecule has 0 aliphatic carbocycles. The standard InChI is InChI=1S/C11H6Cl2F2OS/c12-6-1-2-17-11(6)10(16)5-3-9(15)7(13)4-8(5)14/h1-4,10,16H. The zero-order chi connectivity index (χ0) is 12.6. The van der Waals surface area contributed by atoms with Gasteiger partial charge in [0.25, 0.3) is 0 Å². The second-order valence-electron chi connectivity index (χ2n) is 3.32. The van der Waals surface area contributed by atoms with E-state index in [1.165, 1.54) is 11.3 Å². The molecule has 2 aromatic rings. The Kier molecular flexibility index (Phi) is 3.68. The van der Waals surface area contributed by atoms with Crippen molar-refractivity contribution in [3.05, 3.63) is 55.7 Å². The van der Waals surface area contributed by atoms with Crippen molar-refractivity contribution in [3.8, 4) is 0 Å². The smallest absolute Gasteiger partial charge is 0.142 e. The number of thiophene rings is 1. The van der Waals surface area contributed by atoms with Crippen molar-refractivity contribution in [3.63, 3.8) is 0 Å². The van der Waals surface area contributed by atoms with E-state index in [0.717, 1.165) is 12.1 Å². The Morgan fingerprint density at radius 3 is 2.41 bits per heavy atom. The van der Waals surface area contributed by atoms with Gasteiger partial charge in [-0.25, -0.2) is 8.78 Å². The van der Waals surface area contributed by atoms with Crippen LogP contribution in [0.1, 0.15) is 16.5 Å². The molecule has 1 heterocycles. The van der Waals surface area contributed by atoms with Gasteiger partial charge in [0, 0.05) is 5.56 Å². The fraction of sp³-hybridized carbons (Fsp3) is 0.0909. The maximum absolute atomic E-state index is 13.6. The average Bonchev–Trinajstić information content (AvgIpc) is 2.69. The first-order chi connectivity index (χ1) is 8.00. The summed E-state index contributed by atoms with van der Waals surface area (Å²) < 4.78 is 26.8. The Hall–Kier alpha value is -0.680. The molecule has 2 rings (SSSR count). The number of aliphatic hydroxyl groups excluding tert-OH is 1. The summed E-state index contributed by atoms with van der Waals surface area (Å²) in [5.41, 5.74) is -0.184. The topological polar surface area (TPSA) is 20.2 Å². The molecule has 0 fully saturated rings. The molecule has 1 nitrogen and oxygen atoms in total. The van der Waals surface area contributed by atoms with Crippen LogP contribution in [-0.4, -0.2) is 5.11 Å². The van der Waals surface area contributed by atoms with Crippen molar-refractivity contribution < 1.29 is 13.9 Å². The number of halogens is 4. The summed E-state index contributed by atoms with van der Waals surface area (Å²) in [5.74, 6) is -1.55. The molecule has 0 amide bonds. The van der Waals surface area contributed by atoms with Gasteiger partial charge in [0.2, 0.25) is 0 Å². The zero-order valence-corrected chi connectivity index (χ0v) is 10.6. The molecule has 1 unspecified atom stereocenters. The van der Waals surface area contributed by atoms with Crippen LogP contribution in [0.3, 0.4) is 0 Å². The van der Waals surface area contributed by atoms with Gasteiger partial charge in [-0.3, -0.25) is 0 Å². The minimum atomic E-state index is -1.30. The normalized spacial score (nSPS) is 12.8. The largest absolute Gasteiger partial charge is 0.383 e. The van der Waals surface area contributed by atoms with Gasteiger partial charge in [0.15, 0.2) is 0 Å². The molecular formula is C11H6Cl2F2OS. The highest BCUT2D eigenvalue weighted by atomic mass is 35.5. The van der Waals surface area contributed by atoms with E-state index in [4.69, 9.17) is 23.2 Å². The quantitative estimate of drug-likeness (QED) is 0.813. The molecular weight excluding hydrogens is 289 g/mol. The van der Waals surface area contributed by atoms with Gasteiger partial charge in [-0.1, -0.05) is 23.2 Å². The van der Waals surface area contributed by atoms with Crippen LogP contribution < -0.4 is 0 Å². The summed E-state index contributed by atoms with van der Waals surface area (Å²) >= 11 is 12.4. The van der Waals surface area contributed by atoms with E-state index in [2.05, 4.69) is 0 Å². The zero-order valence-electron chi connectivity index (χ0n) is 8.25. The van der Waals surface area contributed by atoms with Crippen LogP contribution in [0.25, 0.3) is 0 Å². The molecule has 6 heteroatoms. The van der Waals surface area contributed by atoms with Crippen LogP contribution in [0.5, 0.6) is 0 Å². The van der Waals surface area contributed by atoms with E-state index in [-0.39, 0.29) is 10.6 Å². The van der Waals surface area contributed by atoms with E-state index >= 15 is 0 Å². The van der Waals surface area contributed by atoms with E-state index in [9.17, 15) is 13.9 Å². The van der Waals surface area contributed by atoms with Crippen LogP contribution in [-0.2, 0) is 0 Å². The van der Waals surface area contributed by atoms with Crippen LogP contribution >= 0.6 is 34.5 Å². The van der Waals surface area contributed by atoms with Crippen molar-refractivity contribution in [2.24, 2.45) is 0 Å². The third kappa shape index (κ3) is 2.45. The second-order valence-corrected chi connectivity index (χ2v) is 5.09. The van der Waals surface area contributed by atoms with Crippen molar-refractivity contribution in [2.75, 3.05) is 0 Å². The fourth-order valence-corrected chi connectivity index (χ4v) is 2.70. The average molecular weight is 295 g/mol. The van der Waals surface area contributed by atoms with Crippen LogP contribution in [0.15, 0.2) is 23.6 Å². The second kappa shape index (κ2) is 4.90. The Labute approximate surface area is 110 Å². The highest BCUT2D eigenvalue weighted by Gasteiger charge is 2.20. The first-order valence-corrected chi connectivity index (χ1v) is 6.19. The van der Waals surface area contributed by atoms with E-state index in [1.54, 1.807) is 11.4 Å². The first-order valence-electron chi connectivity index (χ1n) is 4.56. The van der Waals surface area contributed by atoms with Gasteiger partial charge in [-0.05, 0) is 23.6 Å². The van der Waals surface area contributed by atoms with Crippen LogP contribution in [0.2, 0.25) is 10.0 Å². The molecule has 1 atom stereocenters. The summed E-state index contributed by atoms with van der Waals surface area (Å²) in [4.78, 5) is 0.368. The molecule has 17 heavy (non-hydrogen) atoms. The summed E-state index contributed by atoms with van der Waals surface area (Å²) in [6.45, 7) is 0. The van der Waals surface area contributed by atoms with Crippen molar-refractivity contribution in [2.45, 2.75) is 6.10 Å². The van der Waals surface area contributed by atoms with E-state index in [0.29, 0.717) is 9.90 Å². The fourth-order valence-electron chi connectivity index (χ4n) is 1.39. The Bertz CT molecular complexity index is 556. The van der Waals surface area contributed by atoms with Crippen molar-refractivity contribution in [1.29, 1.82) is 0 Å². The maximum Gasteiger partial charge on any atom is 0.142 e. The van der Waals surface area contributed by atoms with Crippen molar-refractivity contribution in [1.82, 2.24) is 0 Å². The number of hydrogen-bond acceptors (Lipinski definition) is 2. The molecule has 1 aromatic heterocycles. The minimum Gasteiger partial charge on any atom is -0.383 e. The lowest BCUT2D eigenvalue weighted by molar-refractivity contribution is 0.218. The Morgan fingerprint density at radius 2 is 1.82 bits per heavy atom. The molecule has 90 valence electrons. The first kappa shape index (κ1) is 12.8. The van der Waals surface area contributed by atoms with Crippen LogP contribution in [0.4, 0.5) is 8.78 Å². The summed E-state index contributed by atoms with van der Waals surface area (Å²) in [6.07, 6.45) is -1.30. The lowest BCUT2D eigenvalue weighted by Gasteiger charge is -2.11. The van der Waals surface area contributed by atoms with Gasteiger partial charge in [0.1, 0.15) is 17.7 Å². The third-order valence-corrected chi connectivity index (χ3v) is 3.93. The molecule has 0 saturated carbocycles. The molecule has 0 bridgehead atoms. The van der Waals surface area contributed by atoms with Gasteiger partial charge in [0.05, 0.1) is 14.9 Å². The number of benzene rings is 1. The summed E-state index contributed by atoms with van der Waals surface area (Å²) in [7, 11) is 0. The number of rotatable bonds is 2. The highest BCUT2D eigenvalue weighted by Crippen LogP contribution is 2.35. The lowest BCUT2D eigenvalue weighted by Crippen LogP contribution is -2.02. The molecule has 0 radical (unpaired) electrons. The van der Waals surface area contributed by atoms with Gasteiger partial charge in [-0.2, -0.15) is 0 Å². The Balaban J connectivity index is 2.48. The molecule has 0 aliphatic heterocycles. The maximum atomic E-state index is 13.6. The Morgan fingerprint density at radius 1 is 1.12 bits per heavy atom. The van der Waals surface area contributed by atoms with Gasteiger partial charge < -0.3 is 5.11 Å². The van der Waals surface area contributed by atoms with Gasteiger partial charge >= 0.3 is 0 Å². The van der Waals surface area contributed by atoms with E-state index < -0.39 is 17.7 Å². The predicted molar refractivity (Wildman–Crippen MR) is 64.8 cm³/mol. The molecule has 1 N–H and O–H groups in total. The SMILES string of the molecule is OC(c1cc(F)c(Cl)cc1F)c1sccc1Cl. The lowest BCUT2D eigenvalue weighted by atomic mass is 10.1. The van der Waals surface area contributed by atoms with Crippen molar-refractivity contribution >= 4 is 34.5 Å². The molecule has 1 aromatic carbocycles. The number of hydrogen-bond donors (Lipinski definition) is 1.